The smallest absolute Gasteiger partial charge is 0.311 e. The Labute approximate surface area is 213 Å². The Kier molecular flexibility index (Phi) is 7.02. The average Bonchev–Trinajstić information content (AvgIpc) is 3.53. The first-order valence-corrected chi connectivity index (χ1v) is 12.6. The number of thiophene rings is 1. The lowest BCUT2D eigenvalue weighted by Crippen LogP contribution is -2.49. The number of aromatic nitrogens is 2. The average molecular weight is 506 g/mol. The summed E-state index contributed by atoms with van der Waals surface area (Å²) in [6.07, 6.45) is 0.871. The number of benzene rings is 2. The van der Waals surface area contributed by atoms with Gasteiger partial charge in [-0.05, 0) is 54.4 Å². The molecule has 0 radical (unpaired) electrons. The standard InChI is InChI=1S/C27H27N3O5S/c1-4-17-13-21(16-30-14-19(15-30)27(31)33-3)36-24(17)25-28-26(35-29-25)18-9-11-20(12-10-18)34-23-8-6-5-7-22(23)32-2/h5-13,19H,4,14-16H2,1-3H3. The summed E-state index contributed by atoms with van der Waals surface area (Å²) in [5, 5.41) is 4.26. The van der Waals surface area contributed by atoms with E-state index in [9.17, 15) is 4.79 Å². The van der Waals surface area contributed by atoms with Crippen molar-refractivity contribution in [2.24, 2.45) is 5.92 Å². The Balaban J connectivity index is 1.27. The first-order valence-electron chi connectivity index (χ1n) is 11.7. The van der Waals surface area contributed by atoms with Crippen LogP contribution in [0.15, 0.2) is 59.1 Å². The number of nitrogens with zero attached hydrogens (tertiary/aromatic N) is 3. The van der Waals surface area contributed by atoms with Crippen LogP contribution in [0.2, 0.25) is 0 Å². The topological polar surface area (TPSA) is 86.9 Å². The van der Waals surface area contributed by atoms with Crippen molar-refractivity contribution in [3.05, 3.63) is 65.0 Å². The molecule has 8 nitrogen and oxygen atoms in total. The van der Waals surface area contributed by atoms with Crippen LogP contribution in [0.1, 0.15) is 17.4 Å². The molecule has 4 aromatic rings. The van der Waals surface area contributed by atoms with Gasteiger partial charge in [-0.25, -0.2) is 0 Å². The third-order valence-electron chi connectivity index (χ3n) is 6.14. The fraction of sp³-hybridized carbons (Fsp3) is 0.296. The van der Waals surface area contributed by atoms with Gasteiger partial charge in [-0.1, -0.05) is 24.2 Å². The molecule has 0 N–H and O–H groups in total. The van der Waals surface area contributed by atoms with E-state index in [-0.39, 0.29) is 11.9 Å². The van der Waals surface area contributed by atoms with E-state index in [1.54, 1.807) is 18.4 Å². The zero-order valence-corrected chi connectivity index (χ0v) is 21.2. The lowest BCUT2D eigenvalue weighted by atomic mass is 10.0. The monoisotopic (exact) mass is 505 g/mol. The summed E-state index contributed by atoms with van der Waals surface area (Å²) in [6, 6.07) is 17.2. The van der Waals surface area contributed by atoms with Crippen LogP contribution in [-0.4, -0.2) is 48.3 Å². The number of rotatable bonds is 9. The summed E-state index contributed by atoms with van der Waals surface area (Å²) in [5.41, 5.74) is 2.00. The molecule has 2 aromatic carbocycles. The number of methoxy groups -OCH3 is 2. The number of aryl methyl sites for hydroxylation is 1. The second-order valence-corrected chi connectivity index (χ2v) is 9.67. The number of hydrogen-bond donors (Lipinski definition) is 0. The molecule has 0 aliphatic carbocycles. The number of carbonyl (C=O) groups excluding carboxylic acids is 1. The van der Waals surface area contributed by atoms with Crippen LogP contribution in [0, 0.1) is 5.92 Å². The molecule has 1 aliphatic rings. The van der Waals surface area contributed by atoms with Gasteiger partial charge in [0.05, 0.1) is 25.0 Å². The molecular weight excluding hydrogens is 478 g/mol. The minimum Gasteiger partial charge on any atom is -0.493 e. The first kappa shape index (κ1) is 24.0. The van der Waals surface area contributed by atoms with E-state index in [1.165, 1.54) is 17.6 Å². The molecule has 0 bridgehead atoms. The SMILES string of the molecule is CCc1cc(CN2CC(C(=O)OC)C2)sc1-c1noc(-c2ccc(Oc3ccccc3OC)cc2)n1. The molecule has 0 amide bonds. The molecule has 186 valence electrons. The normalized spacial score (nSPS) is 13.9. The van der Waals surface area contributed by atoms with Crippen LogP contribution in [0.4, 0.5) is 0 Å². The molecule has 2 aromatic heterocycles. The van der Waals surface area contributed by atoms with Gasteiger partial charge in [0.25, 0.3) is 5.89 Å². The highest BCUT2D eigenvalue weighted by molar-refractivity contribution is 7.15. The van der Waals surface area contributed by atoms with Crippen LogP contribution >= 0.6 is 11.3 Å². The largest absolute Gasteiger partial charge is 0.493 e. The van der Waals surface area contributed by atoms with E-state index in [4.69, 9.17) is 18.7 Å². The van der Waals surface area contributed by atoms with Crippen molar-refractivity contribution in [2.75, 3.05) is 27.3 Å². The quantitative estimate of drug-likeness (QED) is 0.278. The Morgan fingerprint density at radius 3 is 2.56 bits per heavy atom. The van der Waals surface area contributed by atoms with Gasteiger partial charge >= 0.3 is 5.97 Å². The lowest BCUT2D eigenvalue weighted by molar-refractivity contribution is -0.151. The lowest BCUT2D eigenvalue weighted by Gasteiger charge is -2.36. The Morgan fingerprint density at radius 1 is 1.11 bits per heavy atom. The fourth-order valence-electron chi connectivity index (χ4n) is 4.18. The van der Waals surface area contributed by atoms with Gasteiger partial charge in [0.15, 0.2) is 11.5 Å². The minimum atomic E-state index is -0.133. The molecule has 0 unspecified atom stereocenters. The number of likely N-dealkylation sites (tertiary alicyclic amines) is 1. The van der Waals surface area contributed by atoms with Crippen molar-refractivity contribution in [1.82, 2.24) is 15.0 Å². The second-order valence-electron chi connectivity index (χ2n) is 8.54. The van der Waals surface area contributed by atoms with Crippen molar-refractivity contribution in [3.8, 4) is 39.4 Å². The maximum Gasteiger partial charge on any atom is 0.311 e. The maximum absolute atomic E-state index is 11.6. The van der Waals surface area contributed by atoms with Gasteiger partial charge in [-0.2, -0.15) is 4.98 Å². The molecule has 0 atom stereocenters. The molecule has 1 saturated heterocycles. The van der Waals surface area contributed by atoms with Gasteiger partial charge in [0.1, 0.15) is 5.75 Å². The number of carbonyl (C=O) groups is 1. The van der Waals surface area contributed by atoms with E-state index in [1.807, 2.05) is 48.5 Å². The van der Waals surface area contributed by atoms with E-state index >= 15 is 0 Å². The van der Waals surface area contributed by atoms with Gasteiger partial charge < -0.3 is 18.7 Å². The van der Waals surface area contributed by atoms with Crippen molar-refractivity contribution in [1.29, 1.82) is 0 Å². The summed E-state index contributed by atoms with van der Waals surface area (Å²) < 4.78 is 21.7. The molecule has 36 heavy (non-hydrogen) atoms. The molecule has 0 saturated carbocycles. The van der Waals surface area contributed by atoms with Crippen LogP contribution in [0.25, 0.3) is 22.2 Å². The van der Waals surface area contributed by atoms with Crippen molar-refractivity contribution in [2.45, 2.75) is 19.9 Å². The van der Waals surface area contributed by atoms with Crippen molar-refractivity contribution in [3.63, 3.8) is 0 Å². The highest BCUT2D eigenvalue weighted by Gasteiger charge is 2.33. The summed E-state index contributed by atoms with van der Waals surface area (Å²) in [7, 11) is 3.05. The molecule has 3 heterocycles. The highest BCUT2D eigenvalue weighted by atomic mass is 32.1. The van der Waals surface area contributed by atoms with Crippen LogP contribution < -0.4 is 9.47 Å². The first-order chi connectivity index (χ1) is 17.6. The van der Waals surface area contributed by atoms with Gasteiger partial charge in [-0.3, -0.25) is 9.69 Å². The zero-order valence-electron chi connectivity index (χ0n) is 20.4. The third kappa shape index (κ3) is 4.98. The summed E-state index contributed by atoms with van der Waals surface area (Å²) >= 11 is 1.67. The number of para-hydroxylation sites is 2. The third-order valence-corrected chi connectivity index (χ3v) is 7.30. The summed E-state index contributed by atoms with van der Waals surface area (Å²) in [4.78, 5) is 20.8. The predicted octanol–water partition coefficient (Wildman–Crippen LogP) is 5.43. The van der Waals surface area contributed by atoms with Crippen molar-refractivity contribution >= 4 is 17.3 Å². The molecule has 0 spiro atoms. The van der Waals surface area contributed by atoms with E-state index in [0.717, 1.165) is 36.5 Å². The second kappa shape index (κ2) is 10.5. The zero-order chi connectivity index (χ0) is 25.1. The molecular formula is C27H27N3O5S. The fourth-order valence-corrected chi connectivity index (χ4v) is 5.40. The highest BCUT2D eigenvalue weighted by Crippen LogP contribution is 2.35. The van der Waals surface area contributed by atoms with Crippen LogP contribution in [-0.2, 0) is 22.5 Å². The molecule has 9 heteroatoms. The van der Waals surface area contributed by atoms with Gasteiger partial charge in [0.2, 0.25) is 5.82 Å². The van der Waals surface area contributed by atoms with Crippen LogP contribution in [0.5, 0.6) is 17.2 Å². The Bertz CT molecular complexity index is 1340. The van der Waals surface area contributed by atoms with Gasteiger partial charge in [-0.15, -0.1) is 11.3 Å². The Morgan fingerprint density at radius 2 is 1.86 bits per heavy atom. The Hall–Kier alpha value is -3.69. The molecule has 1 aliphatic heterocycles. The van der Waals surface area contributed by atoms with Crippen LogP contribution in [0.3, 0.4) is 0 Å². The van der Waals surface area contributed by atoms with Gasteiger partial charge in [0, 0.05) is 30.1 Å². The minimum absolute atomic E-state index is 0.0219. The predicted molar refractivity (Wildman–Crippen MR) is 136 cm³/mol. The van der Waals surface area contributed by atoms with E-state index < -0.39 is 0 Å². The van der Waals surface area contributed by atoms with E-state index in [0.29, 0.717) is 29.0 Å². The molecule has 5 rings (SSSR count). The summed E-state index contributed by atoms with van der Waals surface area (Å²) in [5.74, 6) is 2.88. The maximum atomic E-state index is 11.6. The molecule has 1 fully saturated rings. The number of esters is 1. The van der Waals surface area contributed by atoms with Crippen molar-refractivity contribution < 1.29 is 23.5 Å². The summed E-state index contributed by atoms with van der Waals surface area (Å²) in [6.45, 7) is 4.37. The number of hydrogen-bond acceptors (Lipinski definition) is 9. The van der Waals surface area contributed by atoms with E-state index in [2.05, 4.69) is 28.0 Å². The number of ether oxygens (including phenoxy) is 3.